The normalized spacial score (nSPS) is 10.4. The Balaban J connectivity index is 2.39. The molecule has 1 aromatic carbocycles. The van der Waals surface area contributed by atoms with E-state index in [1.54, 1.807) is 30.3 Å². The van der Waals surface area contributed by atoms with E-state index in [9.17, 15) is 4.79 Å². The number of halogens is 3. The number of benzene rings is 1. The third kappa shape index (κ3) is 2.41. The molecule has 0 aliphatic rings. The lowest BCUT2D eigenvalue weighted by atomic mass is 10.1. The first-order chi connectivity index (χ1) is 7.58. The summed E-state index contributed by atoms with van der Waals surface area (Å²) in [5.41, 5.74) is 0.972. The van der Waals surface area contributed by atoms with Crippen LogP contribution in [-0.2, 0) is 0 Å². The van der Waals surface area contributed by atoms with Gasteiger partial charge in [0.05, 0.1) is 9.90 Å². The van der Waals surface area contributed by atoms with Gasteiger partial charge in [-0.3, -0.25) is 4.79 Å². The number of carbonyl (C=O) groups excluding carboxylic acids is 1. The van der Waals surface area contributed by atoms with Crippen molar-refractivity contribution < 1.29 is 4.79 Å². The maximum absolute atomic E-state index is 12.0. The van der Waals surface area contributed by atoms with Crippen molar-refractivity contribution in [1.82, 2.24) is 0 Å². The standard InChI is InChI=1S/C11H5Cl3OS/c12-7-3-1-6(2-4-7)10(15)8-5-9(13)16-11(8)14/h1-5H. The minimum atomic E-state index is -0.148. The Kier molecular flexibility index (Phi) is 3.55. The molecule has 0 saturated carbocycles. The van der Waals surface area contributed by atoms with Crippen LogP contribution in [0.1, 0.15) is 15.9 Å². The minimum absolute atomic E-state index is 0.148. The zero-order chi connectivity index (χ0) is 11.7. The molecule has 2 aromatic rings. The first-order valence-corrected chi connectivity index (χ1v) is 6.28. The molecule has 0 aliphatic carbocycles. The second-order valence-corrected chi connectivity index (χ2v) is 5.80. The van der Waals surface area contributed by atoms with Crippen LogP contribution in [0.15, 0.2) is 30.3 Å². The topological polar surface area (TPSA) is 17.1 Å². The molecule has 82 valence electrons. The molecule has 0 amide bonds. The number of thiophene rings is 1. The van der Waals surface area contributed by atoms with Crippen LogP contribution in [0.5, 0.6) is 0 Å². The maximum atomic E-state index is 12.0. The molecule has 0 saturated heterocycles. The van der Waals surface area contributed by atoms with Gasteiger partial charge in [-0.2, -0.15) is 0 Å². The predicted octanol–water partition coefficient (Wildman–Crippen LogP) is 4.94. The van der Waals surface area contributed by atoms with Gasteiger partial charge in [0.15, 0.2) is 5.78 Å². The molecule has 0 bridgehead atoms. The first-order valence-electron chi connectivity index (χ1n) is 4.33. The van der Waals surface area contributed by atoms with Gasteiger partial charge in [0.2, 0.25) is 0 Å². The Morgan fingerprint density at radius 2 is 1.69 bits per heavy atom. The van der Waals surface area contributed by atoms with Crippen LogP contribution < -0.4 is 0 Å². The highest BCUT2D eigenvalue weighted by molar-refractivity contribution is 7.20. The molecule has 0 aliphatic heterocycles. The summed E-state index contributed by atoms with van der Waals surface area (Å²) in [4.78, 5) is 12.0. The zero-order valence-corrected chi connectivity index (χ0v) is 10.9. The van der Waals surface area contributed by atoms with Gasteiger partial charge < -0.3 is 0 Å². The summed E-state index contributed by atoms with van der Waals surface area (Å²) in [5, 5.41) is 0.589. The number of rotatable bonds is 2. The average Bonchev–Trinajstić information content (AvgIpc) is 2.58. The van der Waals surface area contributed by atoms with Crippen molar-refractivity contribution >= 4 is 51.9 Å². The molecule has 2 rings (SSSR count). The van der Waals surface area contributed by atoms with Gasteiger partial charge in [0.25, 0.3) is 0 Å². The minimum Gasteiger partial charge on any atom is -0.289 e. The molecule has 1 aromatic heterocycles. The smallest absolute Gasteiger partial charge is 0.195 e. The lowest BCUT2D eigenvalue weighted by molar-refractivity contribution is 0.103. The van der Waals surface area contributed by atoms with E-state index in [-0.39, 0.29) is 5.78 Å². The fourth-order valence-corrected chi connectivity index (χ4v) is 2.84. The van der Waals surface area contributed by atoms with Gasteiger partial charge in [-0.25, -0.2) is 0 Å². The Morgan fingerprint density at radius 3 is 2.19 bits per heavy atom. The van der Waals surface area contributed by atoms with Crippen molar-refractivity contribution in [1.29, 1.82) is 0 Å². The SMILES string of the molecule is O=C(c1ccc(Cl)cc1)c1cc(Cl)sc1Cl. The molecule has 0 radical (unpaired) electrons. The Morgan fingerprint density at radius 1 is 1.06 bits per heavy atom. The molecule has 0 unspecified atom stereocenters. The van der Waals surface area contributed by atoms with Gasteiger partial charge in [-0.15, -0.1) is 11.3 Å². The van der Waals surface area contributed by atoms with Gasteiger partial charge in [-0.1, -0.05) is 34.8 Å². The summed E-state index contributed by atoms with van der Waals surface area (Å²) in [7, 11) is 0. The fourth-order valence-electron chi connectivity index (χ4n) is 1.25. The van der Waals surface area contributed by atoms with Crippen molar-refractivity contribution in [2.75, 3.05) is 0 Å². The maximum Gasteiger partial charge on any atom is 0.195 e. The highest BCUT2D eigenvalue weighted by Crippen LogP contribution is 2.32. The predicted molar refractivity (Wildman–Crippen MR) is 69.2 cm³/mol. The van der Waals surface area contributed by atoms with Crippen LogP contribution in [0.4, 0.5) is 0 Å². The summed E-state index contributed by atoms with van der Waals surface area (Å²) in [5.74, 6) is -0.148. The molecule has 0 N–H and O–H groups in total. The quantitative estimate of drug-likeness (QED) is 0.716. The molecule has 1 nitrogen and oxygen atoms in total. The second kappa shape index (κ2) is 4.76. The Labute approximate surface area is 112 Å². The third-order valence-corrected chi connectivity index (χ3v) is 3.75. The van der Waals surface area contributed by atoms with Crippen molar-refractivity contribution in [3.63, 3.8) is 0 Å². The van der Waals surface area contributed by atoms with E-state index in [1.807, 2.05) is 0 Å². The van der Waals surface area contributed by atoms with Crippen molar-refractivity contribution in [3.05, 3.63) is 55.2 Å². The van der Waals surface area contributed by atoms with Crippen molar-refractivity contribution in [2.45, 2.75) is 0 Å². The Bertz CT molecular complexity index is 531. The third-order valence-electron chi connectivity index (χ3n) is 2.01. The highest BCUT2D eigenvalue weighted by atomic mass is 35.5. The second-order valence-electron chi connectivity index (χ2n) is 3.07. The monoisotopic (exact) mass is 290 g/mol. The summed E-state index contributed by atoms with van der Waals surface area (Å²) < 4.78 is 0.910. The van der Waals surface area contributed by atoms with Crippen molar-refractivity contribution in [2.24, 2.45) is 0 Å². The molecule has 16 heavy (non-hydrogen) atoms. The van der Waals surface area contributed by atoms with Gasteiger partial charge in [0.1, 0.15) is 4.34 Å². The van der Waals surface area contributed by atoms with Gasteiger partial charge in [0, 0.05) is 10.6 Å². The van der Waals surface area contributed by atoms with E-state index < -0.39 is 0 Å². The largest absolute Gasteiger partial charge is 0.289 e. The number of hydrogen-bond acceptors (Lipinski definition) is 2. The summed E-state index contributed by atoms with van der Waals surface area (Å²) in [6.07, 6.45) is 0. The number of hydrogen-bond donors (Lipinski definition) is 0. The van der Waals surface area contributed by atoms with E-state index in [2.05, 4.69) is 0 Å². The Hall–Kier alpha value is -0.540. The number of carbonyl (C=O) groups is 1. The average molecular weight is 292 g/mol. The lowest BCUT2D eigenvalue weighted by Crippen LogP contribution is -1.99. The van der Waals surface area contributed by atoms with Crippen LogP contribution in [0, 0.1) is 0 Å². The molecule has 5 heteroatoms. The highest BCUT2D eigenvalue weighted by Gasteiger charge is 2.15. The van der Waals surface area contributed by atoms with Gasteiger partial charge >= 0.3 is 0 Å². The zero-order valence-electron chi connectivity index (χ0n) is 7.84. The van der Waals surface area contributed by atoms with Gasteiger partial charge in [-0.05, 0) is 30.3 Å². The van der Waals surface area contributed by atoms with E-state index in [0.29, 0.717) is 24.8 Å². The van der Waals surface area contributed by atoms with E-state index in [1.165, 1.54) is 11.3 Å². The first kappa shape index (κ1) is 11.9. The number of ketones is 1. The molecule has 0 atom stereocenters. The molecule has 1 heterocycles. The molecule has 0 fully saturated rings. The molecular weight excluding hydrogens is 287 g/mol. The van der Waals surface area contributed by atoms with Crippen LogP contribution in [0.25, 0.3) is 0 Å². The van der Waals surface area contributed by atoms with Crippen LogP contribution in [-0.4, -0.2) is 5.78 Å². The molecular formula is C11H5Cl3OS. The fraction of sp³-hybridized carbons (Fsp3) is 0. The van der Waals surface area contributed by atoms with E-state index >= 15 is 0 Å². The van der Waals surface area contributed by atoms with E-state index in [0.717, 1.165) is 0 Å². The summed E-state index contributed by atoms with van der Waals surface area (Å²) in [6.45, 7) is 0. The molecule has 0 spiro atoms. The van der Waals surface area contributed by atoms with Crippen LogP contribution in [0.2, 0.25) is 13.7 Å². The summed E-state index contributed by atoms with van der Waals surface area (Å²) >= 11 is 18.6. The lowest BCUT2D eigenvalue weighted by Gasteiger charge is -1.99. The van der Waals surface area contributed by atoms with Crippen LogP contribution >= 0.6 is 46.1 Å². The van der Waals surface area contributed by atoms with E-state index in [4.69, 9.17) is 34.8 Å². The van der Waals surface area contributed by atoms with Crippen molar-refractivity contribution in [3.8, 4) is 0 Å². The van der Waals surface area contributed by atoms with Crippen LogP contribution in [0.3, 0.4) is 0 Å². The summed E-state index contributed by atoms with van der Waals surface area (Å²) in [6, 6.07) is 8.22.